The molecule has 114 valence electrons. The molecule has 0 aromatic rings. The molecule has 0 saturated heterocycles. The Labute approximate surface area is 134 Å². The largest absolute Gasteiger partial charge is 0.357 e. The van der Waals surface area contributed by atoms with Gasteiger partial charge in [0.1, 0.15) is 0 Å². The topological polar surface area (TPSA) is 70.6 Å². The van der Waals surface area contributed by atoms with Crippen molar-refractivity contribution >= 4 is 39.8 Å². The SMILES string of the molecule is CCNC(=NCCS(=O)(=O)C(C)(C)C)NC1CC1.I. The van der Waals surface area contributed by atoms with E-state index in [9.17, 15) is 8.42 Å². The zero-order valence-electron chi connectivity index (χ0n) is 12.2. The molecule has 1 aliphatic rings. The first-order valence-electron chi connectivity index (χ1n) is 6.53. The Hall–Kier alpha value is -0.0500. The first kappa shape index (κ1) is 18.9. The lowest BCUT2D eigenvalue weighted by Gasteiger charge is -2.18. The van der Waals surface area contributed by atoms with Crippen LogP contribution in [-0.2, 0) is 9.84 Å². The molecule has 1 fully saturated rings. The molecule has 0 amide bonds. The number of sulfone groups is 1. The highest BCUT2D eigenvalue weighted by atomic mass is 127. The zero-order chi connectivity index (χ0) is 13.8. The lowest BCUT2D eigenvalue weighted by atomic mass is 10.3. The third-order valence-electron chi connectivity index (χ3n) is 2.83. The monoisotopic (exact) mass is 403 g/mol. The van der Waals surface area contributed by atoms with E-state index in [2.05, 4.69) is 15.6 Å². The van der Waals surface area contributed by atoms with Gasteiger partial charge in [0, 0.05) is 12.6 Å². The molecule has 0 heterocycles. The molecule has 5 nitrogen and oxygen atoms in total. The number of rotatable bonds is 5. The van der Waals surface area contributed by atoms with Gasteiger partial charge in [0.2, 0.25) is 0 Å². The van der Waals surface area contributed by atoms with Gasteiger partial charge >= 0.3 is 0 Å². The summed E-state index contributed by atoms with van der Waals surface area (Å²) in [6.45, 7) is 8.25. The summed E-state index contributed by atoms with van der Waals surface area (Å²) in [5.74, 6) is 0.821. The highest BCUT2D eigenvalue weighted by molar-refractivity contribution is 14.0. The average Bonchev–Trinajstić information content (AvgIpc) is 2.99. The van der Waals surface area contributed by atoms with Crippen molar-refractivity contribution in [1.29, 1.82) is 0 Å². The Morgan fingerprint density at radius 3 is 2.32 bits per heavy atom. The highest BCUT2D eigenvalue weighted by Crippen LogP contribution is 2.18. The molecule has 7 heteroatoms. The molecule has 0 unspecified atom stereocenters. The second-order valence-electron chi connectivity index (χ2n) is 5.61. The van der Waals surface area contributed by atoms with Crippen LogP contribution in [0.15, 0.2) is 4.99 Å². The molecule has 0 bridgehead atoms. The first-order valence-corrected chi connectivity index (χ1v) is 8.18. The van der Waals surface area contributed by atoms with Crippen LogP contribution in [0.4, 0.5) is 0 Å². The van der Waals surface area contributed by atoms with E-state index >= 15 is 0 Å². The maximum Gasteiger partial charge on any atom is 0.191 e. The summed E-state index contributed by atoms with van der Waals surface area (Å²) in [4.78, 5) is 4.31. The van der Waals surface area contributed by atoms with Crippen molar-refractivity contribution in [3.63, 3.8) is 0 Å². The molecule has 19 heavy (non-hydrogen) atoms. The number of aliphatic imine (C=N–C) groups is 1. The summed E-state index contributed by atoms with van der Waals surface area (Å²) in [6, 6.07) is 0.516. The fourth-order valence-corrected chi connectivity index (χ4v) is 2.27. The molecule has 0 atom stereocenters. The van der Waals surface area contributed by atoms with Crippen molar-refractivity contribution in [3.05, 3.63) is 0 Å². The van der Waals surface area contributed by atoms with Crippen LogP contribution in [0, 0.1) is 0 Å². The minimum atomic E-state index is -3.08. The molecule has 2 N–H and O–H groups in total. The van der Waals surface area contributed by atoms with Crippen LogP contribution in [0.2, 0.25) is 0 Å². The van der Waals surface area contributed by atoms with Crippen molar-refractivity contribution in [2.24, 2.45) is 4.99 Å². The van der Waals surface area contributed by atoms with E-state index in [0.29, 0.717) is 12.6 Å². The maximum absolute atomic E-state index is 11.9. The summed E-state index contributed by atoms with van der Waals surface area (Å²) in [7, 11) is -3.08. The molecule has 0 spiro atoms. The average molecular weight is 403 g/mol. The Balaban J connectivity index is 0.00000324. The van der Waals surface area contributed by atoms with Gasteiger partial charge in [-0.2, -0.15) is 0 Å². The molecule has 0 aromatic heterocycles. The van der Waals surface area contributed by atoms with E-state index in [4.69, 9.17) is 0 Å². The molecular formula is C12H26IN3O2S. The standard InChI is InChI=1S/C12H25N3O2S.HI/c1-5-13-11(15-10-6-7-10)14-8-9-18(16,17)12(2,3)4;/h10H,5-9H2,1-4H3,(H2,13,14,15);1H. The number of nitrogens with zero attached hydrogens (tertiary/aromatic N) is 1. The van der Waals surface area contributed by atoms with Gasteiger partial charge in [-0.1, -0.05) is 0 Å². The molecule has 0 aliphatic heterocycles. The Morgan fingerprint density at radius 1 is 1.32 bits per heavy atom. The molecule has 1 rings (SSSR count). The van der Waals surface area contributed by atoms with Gasteiger partial charge in [0.15, 0.2) is 15.8 Å². The predicted molar refractivity (Wildman–Crippen MR) is 91.1 cm³/mol. The van der Waals surface area contributed by atoms with E-state index in [0.717, 1.165) is 12.5 Å². The van der Waals surface area contributed by atoms with E-state index in [1.165, 1.54) is 12.8 Å². The third-order valence-corrected chi connectivity index (χ3v) is 5.41. The van der Waals surface area contributed by atoms with Crippen LogP contribution in [0.1, 0.15) is 40.5 Å². The highest BCUT2D eigenvalue weighted by Gasteiger charge is 2.28. The first-order chi connectivity index (χ1) is 8.26. The summed E-state index contributed by atoms with van der Waals surface area (Å²) >= 11 is 0. The van der Waals surface area contributed by atoms with E-state index < -0.39 is 14.6 Å². The van der Waals surface area contributed by atoms with Crippen LogP contribution in [0.3, 0.4) is 0 Å². The van der Waals surface area contributed by atoms with Crippen molar-refractivity contribution in [2.45, 2.75) is 51.3 Å². The van der Waals surface area contributed by atoms with Crippen LogP contribution in [0.25, 0.3) is 0 Å². The summed E-state index contributed by atoms with van der Waals surface area (Å²) in [5.41, 5.74) is 0. The second kappa shape index (κ2) is 7.66. The Bertz CT molecular complexity index is 398. The van der Waals surface area contributed by atoms with Gasteiger partial charge in [-0.3, -0.25) is 4.99 Å². The smallest absolute Gasteiger partial charge is 0.191 e. The van der Waals surface area contributed by atoms with Crippen molar-refractivity contribution in [1.82, 2.24) is 10.6 Å². The number of hydrogen-bond acceptors (Lipinski definition) is 3. The van der Waals surface area contributed by atoms with E-state index in [1.54, 1.807) is 20.8 Å². The fourth-order valence-electron chi connectivity index (χ4n) is 1.32. The van der Waals surface area contributed by atoms with Gasteiger partial charge in [-0.25, -0.2) is 8.42 Å². The van der Waals surface area contributed by atoms with Crippen molar-refractivity contribution in [2.75, 3.05) is 18.8 Å². The van der Waals surface area contributed by atoms with E-state index in [-0.39, 0.29) is 29.7 Å². The zero-order valence-corrected chi connectivity index (χ0v) is 15.3. The van der Waals surface area contributed by atoms with Gasteiger partial charge in [-0.05, 0) is 40.5 Å². The summed E-state index contributed by atoms with van der Waals surface area (Å²) < 4.78 is 23.1. The molecule has 0 aromatic carbocycles. The summed E-state index contributed by atoms with van der Waals surface area (Å²) in [6.07, 6.45) is 2.34. The molecular weight excluding hydrogens is 377 g/mol. The summed E-state index contributed by atoms with van der Waals surface area (Å²) in [5, 5.41) is 6.38. The predicted octanol–water partition coefficient (Wildman–Crippen LogP) is 1.54. The van der Waals surface area contributed by atoms with Crippen LogP contribution >= 0.6 is 24.0 Å². The Morgan fingerprint density at radius 2 is 1.89 bits per heavy atom. The van der Waals surface area contributed by atoms with Crippen LogP contribution < -0.4 is 10.6 Å². The van der Waals surface area contributed by atoms with Gasteiger partial charge in [-0.15, -0.1) is 24.0 Å². The van der Waals surface area contributed by atoms with Crippen molar-refractivity contribution < 1.29 is 8.42 Å². The second-order valence-corrected chi connectivity index (χ2v) is 8.47. The molecule has 0 radical (unpaired) electrons. The van der Waals surface area contributed by atoms with Gasteiger partial charge in [0.05, 0.1) is 17.0 Å². The maximum atomic E-state index is 11.9. The number of nitrogens with one attached hydrogen (secondary N) is 2. The van der Waals surface area contributed by atoms with Crippen LogP contribution in [0.5, 0.6) is 0 Å². The molecule has 1 saturated carbocycles. The normalized spacial score (nSPS) is 16.7. The van der Waals surface area contributed by atoms with Gasteiger partial charge in [0.25, 0.3) is 0 Å². The third kappa shape index (κ3) is 6.78. The Kier molecular flexibility index (Phi) is 7.64. The number of guanidine groups is 1. The number of halogens is 1. The number of hydrogen-bond donors (Lipinski definition) is 2. The fraction of sp³-hybridized carbons (Fsp3) is 0.917. The lowest BCUT2D eigenvalue weighted by molar-refractivity contribution is 0.560. The van der Waals surface area contributed by atoms with Crippen LogP contribution in [-0.4, -0.2) is 44.0 Å². The molecule has 1 aliphatic carbocycles. The quantitative estimate of drug-likeness (QED) is 0.415. The van der Waals surface area contributed by atoms with E-state index in [1.807, 2.05) is 6.92 Å². The lowest BCUT2D eigenvalue weighted by Crippen LogP contribution is -2.39. The minimum absolute atomic E-state index is 0. The van der Waals surface area contributed by atoms with Gasteiger partial charge < -0.3 is 10.6 Å². The minimum Gasteiger partial charge on any atom is -0.357 e. The van der Waals surface area contributed by atoms with Crippen molar-refractivity contribution in [3.8, 4) is 0 Å².